The van der Waals surface area contributed by atoms with Gasteiger partial charge in [-0.2, -0.15) is 0 Å². The lowest BCUT2D eigenvalue weighted by Gasteiger charge is -2.43. The zero-order chi connectivity index (χ0) is 28.4. The van der Waals surface area contributed by atoms with Crippen LogP contribution in [0.5, 0.6) is 5.75 Å². The molecule has 3 aromatic carbocycles. The lowest BCUT2D eigenvalue weighted by atomic mass is 9.86. The van der Waals surface area contributed by atoms with E-state index < -0.39 is 0 Å². The number of aryl methyl sites for hydroxylation is 1. The van der Waals surface area contributed by atoms with Gasteiger partial charge in [-0.15, -0.1) is 0 Å². The Balaban J connectivity index is 1.53. The molecule has 0 radical (unpaired) electrons. The number of allylic oxidation sites excluding steroid dienone is 1. The third kappa shape index (κ3) is 5.59. The normalized spacial score (nSPS) is 18.4. The average molecular weight is 552 g/mol. The number of carbonyl (C=O) groups is 1. The molecular formula is C34H37N3O2S. The number of para-hydroxylation sites is 1. The summed E-state index contributed by atoms with van der Waals surface area (Å²) in [7, 11) is 1.65. The molecule has 5 rings (SSSR count). The van der Waals surface area contributed by atoms with Crippen molar-refractivity contribution in [2.45, 2.75) is 53.1 Å². The number of ether oxygens (including phenoxy) is 1. The first-order valence-electron chi connectivity index (χ1n) is 13.8. The molecule has 1 fully saturated rings. The molecule has 6 heteroatoms. The Morgan fingerprint density at radius 1 is 1.02 bits per heavy atom. The van der Waals surface area contributed by atoms with Gasteiger partial charge in [-0.25, -0.2) is 4.99 Å². The zero-order valence-electron chi connectivity index (χ0n) is 24.2. The minimum atomic E-state index is -0.0401. The smallest absolute Gasteiger partial charge is 0.267 e. The number of benzene rings is 3. The number of nitrogens with zero attached hydrogens (tertiary/aromatic N) is 3. The molecule has 0 N–H and O–H groups in total. The molecule has 0 atom stereocenters. The predicted molar refractivity (Wildman–Crippen MR) is 169 cm³/mol. The number of hydrogen-bond acceptors (Lipinski definition) is 5. The summed E-state index contributed by atoms with van der Waals surface area (Å²) >= 11 is 1.44. The van der Waals surface area contributed by atoms with E-state index in [4.69, 9.17) is 9.73 Å². The summed E-state index contributed by atoms with van der Waals surface area (Å²) in [5, 5.41) is 0.681. The molecule has 0 spiro atoms. The van der Waals surface area contributed by atoms with Gasteiger partial charge in [0.15, 0.2) is 5.17 Å². The van der Waals surface area contributed by atoms with Gasteiger partial charge in [0.05, 0.1) is 29.8 Å². The third-order valence-corrected chi connectivity index (χ3v) is 8.47. The number of hydrogen-bond donors (Lipinski definition) is 0. The van der Waals surface area contributed by atoms with Crippen molar-refractivity contribution in [3.05, 3.63) is 100.0 Å². The topological polar surface area (TPSA) is 45.1 Å². The third-order valence-electron chi connectivity index (χ3n) is 7.47. The number of amides is 1. The van der Waals surface area contributed by atoms with Gasteiger partial charge in [0.1, 0.15) is 5.75 Å². The molecule has 0 bridgehead atoms. The number of amidine groups is 1. The number of anilines is 1. The van der Waals surface area contributed by atoms with Crippen LogP contribution in [0.25, 0.3) is 11.6 Å². The van der Waals surface area contributed by atoms with Crippen LogP contribution in [0.2, 0.25) is 0 Å². The van der Waals surface area contributed by atoms with Crippen molar-refractivity contribution in [3.8, 4) is 5.75 Å². The summed E-state index contributed by atoms with van der Waals surface area (Å²) < 4.78 is 5.31. The molecule has 206 valence electrons. The summed E-state index contributed by atoms with van der Waals surface area (Å²) in [5.74, 6) is 0.756. The molecule has 0 aromatic heterocycles. The van der Waals surface area contributed by atoms with E-state index in [0.717, 1.165) is 41.1 Å². The first kappa shape index (κ1) is 27.8. The first-order valence-corrected chi connectivity index (χ1v) is 14.6. The van der Waals surface area contributed by atoms with E-state index in [-0.39, 0.29) is 11.4 Å². The van der Waals surface area contributed by atoms with E-state index in [2.05, 4.69) is 57.7 Å². The van der Waals surface area contributed by atoms with Gasteiger partial charge in [0, 0.05) is 17.8 Å². The number of thioether (sulfide) groups is 1. The molecule has 40 heavy (non-hydrogen) atoms. The van der Waals surface area contributed by atoms with Crippen molar-refractivity contribution in [1.82, 2.24) is 4.90 Å². The Bertz CT molecular complexity index is 1500. The fraction of sp³-hybridized carbons (Fsp3) is 0.294. The predicted octanol–water partition coefficient (Wildman–Crippen LogP) is 8.22. The highest BCUT2D eigenvalue weighted by molar-refractivity contribution is 8.18. The average Bonchev–Trinajstić information content (AvgIpc) is 3.21. The quantitative estimate of drug-likeness (QED) is 0.278. The van der Waals surface area contributed by atoms with Crippen molar-refractivity contribution in [3.63, 3.8) is 0 Å². The van der Waals surface area contributed by atoms with Gasteiger partial charge in [-0.05, 0) is 111 Å². The summed E-state index contributed by atoms with van der Waals surface area (Å²) in [6, 6.07) is 22.2. The number of aliphatic imine (C=N–C) groups is 1. The molecule has 2 aliphatic rings. The zero-order valence-corrected chi connectivity index (χ0v) is 25.0. The maximum Gasteiger partial charge on any atom is 0.267 e. The maximum absolute atomic E-state index is 13.8. The van der Waals surface area contributed by atoms with Crippen LogP contribution in [0.3, 0.4) is 0 Å². The standard InChI is InChI=1S/C34H37N3O2S/c1-7-17-37-30-18-23(2)26(19-29(30)24(3)21-34(37,4)5)20-31-32(38)36(22-25-13-15-28(39-6)16-14-25)33(40-31)35-27-11-9-8-10-12-27/h8-16,18-21H,7,17,22H2,1-6H3/b31-20+,35-33?. The van der Waals surface area contributed by atoms with Crippen LogP contribution in [0.15, 0.2) is 82.7 Å². The highest BCUT2D eigenvalue weighted by Gasteiger charge is 2.35. The molecule has 2 heterocycles. The second kappa shape index (κ2) is 11.4. The lowest BCUT2D eigenvalue weighted by Crippen LogP contribution is -2.45. The number of methoxy groups -OCH3 is 1. The van der Waals surface area contributed by atoms with Gasteiger partial charge < -0.3 is 9.64 Å². The summed E-state index contributed by atoms with van der Waals surface area (Å²) in [4.78, 5) is 23.6. The van der Waals surface area contributed by atoms with Crippen molar-refractivity contribution >= 4 is 45.9 Å². The molecule has 2 aliphatic heterocycles. The van der Waals surface area contributed by atoms with Gasteiger partial charge in [-0.3, -0.25) is 9.69 Å². The Kier molecular flexibility index (Phi) is 7.90. The Hall–Kier alpha value is -3.77. The van der Waals surface area contributed by atoms with Crippen molar-refractivity contribution in [2.75, 3.05) is 18.6 Å². The van der Waals surface area contributed by atoms with Crippen molar-refractivity contribution in [1.29, 1.82) is 0 Å². The van der Waals surface area contributed by atoms with Crippen molar-refractivity contribution < 1.29 is 9.53 Å². The van der Waals surface area contributed by atoms with Gasteiger partial charge in [-0.1, -0.05) is 43.3 Å². The second-order valence-corrected chi connectivity index (χ2v) is 11.9. The number of fused-ring (bicyclic) bond motifs is 1. The van der Waals surface area contributed by atoms with E-state index in [1.165, 1.54) is 28.6 Å². The van der Waals surface area contributed by atoms with Crippen LogP contribution in [0.1, 0.15) is 56.4 Å². The molecule has 0 aliphatic carbocycles. The molecule has 5 nitrogen and oxygen atoms in total. The van der Waals surface area contributed by atoms with Gasteiger partial charge in [0.2, 0.25) is 0 Å². The van der Waals surface area contributed by atoms with Crippen LogP contribution in [-0.4, -0.2) is 35.2 Å². The van der Waals surface area contributed by atoms with Gasteiger partial charge in [0.25, 0.3) is 5.91 Å². The first-order chi connectivity index (χ1) is 19.2. The summed E-state index contributed by atoms with van der Waals surface area (Å²) in [5.41, 5.74) is 7.78. The Labute approximate surface area is 242 Å². The maximum atomic E-state index is 13.8. The van der Waals surface area contributed by atoms with Gasteiger partial charge >= 0.3 is 0 Å². The fourth-order valence-corrected chi connectivity index (χ4v) is 6.42. The molecule has 1 amide bonds. The summed E-state index contributed by atoms with van der Waals surface area (Å²) in [6.45, 7) is 12.5. The number of rotatable bonds is 7. The molecule has 3 aromatic rings. The lowest BCUT2D eigenvalue weighted by molar-refractivity contribution is -0.122. The van der Waals surface area contributed by atoms with Crippen molar-refractivity contribution in [2.24, 2.45) is 4.99 Å². The van der Waals surface area contributed by atoms with Crippen LogP contribution in [0, 0.1) is 6.92 Å². The Morgan fingerprint density at radius 3 is 2.42 bits per heavy atom. The SMILES string of the molecule is CCCN1c2cc(C)c(/C=C3/SC(=Nc4ccccc4)N(Cc4ccc(OC)cc4)C3=O)cc2C(C)=CC1(C)C. The van der Waals surface area contributed by atoms with E-state index in [9.17, 15) is 4.79 Å². The molecule has 1 saturated heterocycles. The minimum absolute atomic E-state index is 0.0337. The van der Waals surface area contributed by atoms with E-state index in [1.54, 1.807) is 12.0 Å². The fourth-order valence-electron chi connectivity index (χ4n) is 5.43. The molecule has 0 saturated carbocycles. The molecular weight excluding hydrogens is 514 g/mol. The molecule has 0 unspecified atom stereocenters. The highest BCUT2D eigenvalue weighted by Crippen LogP contribution is 2.42. The van der Waals surface area contributed by atoms with E-state index in [0.29, 0.717) is 16.6 Å². The van der Waals surface area contributed by atoms with Crippen LogP contribution in [-0.2, 0) is 11.3 Å². The Morgan fingerprint density at radius 2 is 1.75 bits per heavy atom. The van der Waals surface area contributed by atoms with Crippen LogP contribution >= 0.6 is 11.8 Å². The summed E-state index contributed by atoms with van der Waals surface area (Å²) in [6.07, 6.45) is 5.47. The van der Waals surface area contributed by atoms with E-state index in [1.807, 2.05) is 60.7 Å². The number of carbonyl (C=O) groups excluding carboxylic acids is 1. The van der Waals surface area contributed by atoms with Crippen LogP contribution in [0.4, 0.5) is 11.4 Å². The minimum Gasteiger partial charge on any atom is -0.497 e. The highest BCUT2D eigenvalue weighted by atomic mass is 32.2. The monoisotopic (exact) mass is 551 g/mol. The largest absolute Gasteiger partial charge is 0.497 e. The van der Waals surface area contributed by atoms with E-state index >= 15 is 0 Å². The second-order valence-electron chi connectivity index (χ2n) is 10.9. The van der Waals surface area contributed by atoms with Crippen LogP contribution < -0.4 is 9.64 Å².